The summed E-state index contributed by atoms with van der Waals surface area (Å²) in [7, 11) is 1.34. The zero-order valence-corrected chi connectivity index (χ0v) is 11.4. The highest BCUT2D eigenvalue weighted by atomic mass is 16.5. The van der Waals surface area contributed by atoms with Gasteiger partial charge in [-0.15, -0.1) is 0 Å². The summed E-state index contributed by atoms with van der Waals surface area (Å²) in [4.78, 5) is 17.7. The molecular formula is C13H18N2O3. The van der Waals surface area contributed by atoms with Crippen LogP contribution in [0.25, 0.3) is 0 Å². The van der Waals surface area contributed by atoms with Gasteiger partial charge in [-0.2, -0.15) is 0 Å². The van der Waals surface area contributed by atoms with Crippen molar-refractivity contribution in [2.75, 3.05) is 7.11 Å². The van der Waals surface area contributed by atoms with Gasteiger partial charge in [0.05, 0.1) is 18.7 Å². The fourth-order valence-electron chi connectivity index (χ4n) is 1.87. The number of esters is 1. The molecule has 0 aromatic carbocycles. The van der Waals surface area contributed by atoms with E-state index in [4.69, 9.17) is 4.74 Å². The Morgan fingerprint density at radius 3 is 2.72 bits per heavy atom. The van der Waals surface area contributed by atoms with Gasteiger partial charge < -0.3 is 9.47 Å². The highest BCUT2D eigenvalue weighted by molar-refractivity contribution is 5.87. The third-order valence-electron chi connectivity index (χ3n) is 3.08. The van der Waals surface area contributed by atoms with Crippen LogP contribution in [0.2, 0.25) is 0 Å². The van der Waals surface area contributed by atoms with E-state index in [9.17, 15) is 4.79 Å². The predicted molar refractivity (Wildman–Crippen MR) is 67.8 cm³/mol. The molecule has 2 rings (SSSR count). The lowest BCUT2D eigenvalue weighted by molar-refractivity contribution is -0.135. The van der Waals surface area contributed by atoms with E-state index in [1.54, 1.807) is 0 Å². The summed E-state index contributed by atoms with van der Waals surface area (Å²) in [5.74, 6) is 0.109. The van der Waals surface area contributed by atoms with Gasteiger partial charge in [0.15, 0.2) is 0 Å². The number of hydrogen-bond donors (Lipinski definition) is 0. The summed E-state index contributed by atoms with van der Waals surface area (Å²) in [6.45, 7) is 7.92. The monoisotopic (exact) mass is 250 g/mol. The Balaban J connectivity index is 2.38. The SMILES string of the molecule is COC(=O)/C=C1/OC2=NC(C)(C)C=CN2C1(C)C. The average molecular weight is 250 g/mol. The summed E-state index contributed by atoms with van der Waals surface area (Å²) < 4.78 is 10.3. The van der Waals surface area contributed by atoms with Crippen molar-refractivity contribution in [2.45, 2.75) is 38.8 Å². The molecule has 0 saturated carbocycles. The van der Waals surface area contributed by atoms with Crippen LogP contribution in [0, 0.1) is 0 Å². The zero-order chi connectivity index (χ0) is 13.6. The third kappa shape index (κ3) is 2.00. The van der Waals surface area contributed by atoms with E-state index >= 15 is 0 Å². The van der Waals surface area contributed by atoms with E-state index in [2.05, 4.69) is 9.73 Å². The summed E-state index contributed by atoms with van der Waals surface area (Å²) in [6, 6.07) is 0.516. The van der Waals surface area contributed by atoms with Gasteiger partial charge in [0.1, 0.15) is 11.3 Å². The lowest BCUT2D eigenvalue weighted by atomic mass is 10.00. The number of ether oxygens (including phenoxy) is 2. The normalized spacial score (nSPS) is 25.5. The number of carbonyl (C=O) groups excluding carboxylic acids is 1. The maximum atomic E-state index is 11.3. The highest BCUT2D eigenvalue weighted by Gasteiger charge is 2.45. The summed E-state index contributed by atoms with van der Waals surface area (Å²) in [6.07, 6.45) is 5.31. The van der Waals surface area contributed by atoms with Crippen molar-refractivity contribution >= 4 is 12.0 Å². The number of amidine groups is 1. The molecular weight excluding hydrogens is 232 g/mol. The van der Waals surface area contributed by atoms with Gasteiger partial charge in [0.25, 0.3) is 6.02 Å². The van der Waals surface area contributed by atoms with Gasteiger partial charge >= 0.3 is 5.97 Å². The molecule has 0 spiro atoms. The molecule has 5 nitrogen and oxygen atoms in total. The van der Waals surface area contributed by atoms with Crippen LogP contribution in [-0.4, -0.2) is 35.1 Å². The second-order valence-electron chi connectivity index (χ2n) is 5.43. The molecule has 0 N–H and O–H groups in total. The van der Waals surface area contributed by atoms with Crippen LogP contribution in [0.3, 0.4) is 0 Å². The van der Waals surface area contributed by atoms with Crippen molar-refractivity contribution in [2.24, 2.45) is 4.99 Å². The van der Waals surface area contributed by atoms with Gasteiger partial charge in [-0.1, -0.05) is 0 Å². The number of fused-ring (bicyclic) bond motifs is 1. The molecule has 5 heteroatoms. The van der Waals surface area contributed by atoms with E-state index < -0.39 is 11.5 Å². The molecule has 1 saturated heterocycles. The number of carbonyl (C=O) groups is 1. The lowest BCUT2D eigenvalue weighted by Crippen LogP contribution is -2.41. The fourth-order valence-corrected chi connectivity index (χ4v) is 1.87. The second-order valence-corrected chi connectivity index (χ2v) is 5.43. The molecule has 18 heavy (non-hydrogen) atoms. The Hall–Kier alpha value is -1.78. The Morgan fingerprint density at radius 1 is 1.44 bits per heavy atom. The molecule has 2 aliphatic rings. The Kier molecular flexibility index (Phi) is 2.72. The minimum Gasteiger partial charge on any atom is -0.466 e. The van der Waals surface area contributed by atoms with Crippen molar-refractivity contribution in [3.8, 4) is 0 Å². The largest absolute Gasteiger partial charge is 0.466 e. The van der Waals surface area contributed by atoms with E-state index in [0.29, 0.717) is 11.8 Å². The Bertz CT molecular complexity index is 473. The molecule has 0 aromatic rings. The first-order chi connectivity index (χ1) is 8.26. The van der Waals surface area contributed by atoms with Gasteiger partial charge in [-0.25, -0.2) is 9.79 Å². The topological polar surface area (TPSA) is 51.1 Å². The van der Waals surface area contributed by atoms with Crippen LogP contribution in [0.4, 0.5) is 0 Å². The first-order valence-electron chi connectivity index (χ1n) is 5.83. The first kappa shape index (κ1) is 12.7. The minimum atomic E-state index is -0.444. The number of methoxy groups -OCH3 is 1. The summed E-state index contributed by atoms with van der Waals surface area (Å²) in [5.41, 5.74) is -0.733. The second kappa shape index (κ2) is 3.86. The van der Waals surface area contributed by atoms with Crippen molar-refractivity contribution in [3.63, 3.8) is 0 Å². The molecule has 2 aliphatic heterocycles. The minimum absolute atomic E-state index is 0.289. The number of nitrogens with zero attached hydrogens (tertiary/aromatic N) is 2. The van der Waals surface area contributed by atoms with Crippen LogP contribution in [0.1, 0.15) is 27.7 Å². The van der Waals surface area contributed by atoms with Gasteiger partial charge in [-0.05, 0) is 33.8 Å². The molecule has 0 bridgehead atoms. The van der Waals surface area contributed by atoms with Gasteiger partial charge in [0.2, 0.25) is 0 Å². The van der Waals surface area contributed by atoms with Crippen molar-refractivity contribution in [3.05, 3.63) is 24.1 Å². The molecule has 2 heterocycles. The summed E-state index contributed by atoms with van der Waals surface area (Å²) in [5, 5.41) is 0. The zero-order valence-electron chi connectivity index (χ0n) is 11.4. The van der Waals surface area contributed by atoms with Crippen LogP contribution >= 0.6 is 0 Å². The standard InChI is InChI=1S/C13H18N2O3/c1-12(2)6-7-15-11(14-12)18-9(13(15,3)4)8-10(16)17-5/h6-8H,1-5H3/b9-8+. The van der Waals surface area contributed by atoms with Crippen molar-refractivity contribution in [1.29, 1.82) is 0 Å². The molecule has 0 aliphatic carbocycles. The van der Waals surface area contributed by atoms with Crippen LogP contribution in [0.15, 0.2) is 29.1 Å². The van der Waals surface area contributed by atoms with E-state index in [-0.39, 0.29) is 5.54 Å². The molecule has 0 aromatic heterocycles. The van der Waals surface area contributed by atoms with E-state index in [1.807, 2.05) is 44.9 Å². The smallest absolute Gasteiger partial charge is 0.333 e. The molecule has 1 fully saturated rings. The highest BCUT2D eigenvalue weighted by Crippen LogP contribution is 2.37. The number of hydrogen-bond acceptors (Lipinski definition) is 5. The Labute approximate surface area is 107 Å². The molecule has 0 unspecified atom stereocenters. The van der Waals surface area contributed by atoms with Crippen LogP contribution < -0.4 is 0 Å². The first-order valence-corrected chi connectivity index (χ1v) is 5.83. The van der Waals surface area contributed by atoms with E-state index in [1.165, 1.54) is 13.2 Å². The molecule has 0 amide bonds. The van der Waals surface area contributed by atoms with E-state index in [0.717, 1.165) is 0 Å². The maximum absolute atomic E-state index is 11.3. The summed E-state index contributed by atoms with van der Waals surface area (Å²) >= 11 is 0. The number of rotatable bonds is 1. The van der Waals surface area contributed by atoms with Crippen molar-refractivity contribution < 1.29 is 14.3 Å². The molecule has 0 atom stereocenters. The van der Waals surface area contributed by atoms with Gasteiger partial charge in [-0.3, -0.25) is 4.90 Å². The molecule has 98 valence electrons. The van der Waals surface area contributed by atoms with Gasteiger partial charge in [0, 0.05) is 6.20 Å². The maximum Gasteiger partial charge on any atom is 0.333 e. The Morgan fingerprint density at radius 2 is 2.11 bits per heavy atom. The van der Waals surface area contributed by atoms with Crippen molar-refractivity contribution in [1.82, 2.24) is 4.90 Å². The van der Waals surface area contributed by atoms with Crippen LogP contribution in [0.5, 0.6) is 0 Å². The fraction of sp³-hybridized carbons (Fsp3) is 0.538. The average Bonchev–Trinajstić information content (AvgIpc) is 2.48. The molecule has 0 radical (unpaired) electrons. The quantitative estimate of drug-likeness (QED) is 0.526. The number of aliphatic imine (C=N–C) groups is 1. The predicted octanol–water partition coefficient (Wildman–Crippen LogP) is 1.82. The van der Waals surface area contributed by atoms with Crippen LogP contribution in [-0.2, 0) is 14.3 Å². The lowest BCUT2D eigenvalue weighted by Gasteiger charge is -2.31. The third-order valence-corrected chi connectivity index (χ3v) is 3.08.